The fraction of sp³-hybridized carbons (Fsp3) is 0.217. The first kappa shape index (κ1) is 21.6. The van der Waals surface area contributed by atoms with E-state index in [1.165, 1.54) is 12.3 Å². The molecule has 0 saturated carbocycles. The fourth-order valence-electron chi connectivity index (χ4n) is 3.44. The molecule has 4 rings (SSSR count). The molecule has 3 heterocycles. The lowest BCUT2D eigenvalue weighted by atomic mass is 10.1. The molecular formula is C23H23ClN6O2. The molecule has 3 N–H and O–H groups in total. The molecule has 0 bridgehead atoms. The zero-order chi connectivity index (χ0) is 22.8. The predicted octanol–water partition coefficient (Wildman–Crippen LogP) is 5.05. The van der Waals surface area contributed by atoms with Gasteiger partial charge in [0.25, 0.3) is 5.91 Å². The number of hydrogen-bond acceptors (Lipinski definition) is 5. The second-order valence-electron chi connectivity index (χ2n) is 7.59. The van der Waals surface area contributed by atoms with E-state index in [2.05, 4.69) is 25.6 Å². The number of benzene rings is 1. The molecular weight excluding hydrogens is 428 g/mol. The van der Waals surface area contributed by atoms with E-state index in [-0.39, 0.29) is 22.8 Å². The van der Waals surface area contributed by atoms with Crippen LogP contribution in [0.5, 0.6) is 0 Å². The summed E-state index contributed by atoms with van der Waals surface area (Å²) in [4.78, 5) is 36.3. The number of anilines is 3. The second kappa shape index (κ2) is 8.84. The van der Waals surface area contributed by atoms with Crippen LogP contribution in [0, 0.1) is 6.92 Å². The van der Waals surface area contributed by atoms with Crippen LogP contribution >= 0.6 is 11.6 Å². The summed E-state index contributed by atoms with van der Waals surface area (Å²) in [7, 11) is 0. The molecule has 0 aliphatic heterocycles. The number of pyridine rings is 2. The summed E-state index contributed by atoms with van der Waals surface area (Å²) in [5, 5.41) is 6.50. The number of nitrogens with one attached hydrogen (secondary N) is 3. The molecule has 0 fully saturated rings. The van der Waals surface area contributed by atoms with Gasteiger partial charge in [-0.3, -0.25) is 9.36 Å². The monoisotopic (exact) mass is 450 g/mol. The van der Waals surface area contributed by atoms with Crippen molar-refractivity contribution < 1.29 is 4.79 Å². The Morgan fingerprint density at radius 2 is 1.94 bits per heavy atom. The van der Waals surface area contributed by atoms with Crippen LogP contribution in [0.4, 0.5) is 17.1 Å². The van der Waals surface area contributed by atoms with Gasteiger partial charge in [0.2, 0.25) is 0 Å². The third kappa shape index (κ3) is 4.22. The molecule has 1 atom stereocenters. The van der Waals surface area contributed by atoms with E-state index in [4.69, 9.17) is 11.6 Å². The number of hydrogen-bond donors (Lipinski definition) is 3. The van der Waals surface area contributed by atoms with Crippen molar-refractivity contribution in [2.75, 3.05) is 10.6 Å². The van der Waals surface area contributed by atoms with Gasteiger partial charge in [-0.15, -0.1) is 0 Å². The Labute approximate surface area is 189 Å². The Balaban J connectivity index is 1.65. The highest BCUT2D eigenvalue weighted by molar-refractivity contribution is 6.29. The molecule has 0 spiro atoms. The van der Waals surface area contributed by atoms with E-state index in [0.717, 1.165) is 23.4 Å². The molecule has 0 aliphatic carbocycles. The van der Waals surface area contributed by atoms with E-state index in [1.54, 1.807) is 16.8 Å². The van der Waals surface area contributed by atoms with Crippen LogP contribution in [0.3, 0.4) is 0 Å². The maximum absolute atomic E-state index is 12.6. The molecule has 32 heavy (non-hydrogen) atoms. The third-order valence-corrected chi connectivity index (χ3v) is 5.60. The number of halogens is 1. The van der Waals surface area contributed by atoms with Crippen LogP contribution in [0.1, 0.15) is 42.2 Å². The van der Waals surface area contributed by atoms with Crippen molar-refractivity contribution in [3.63, 3.8) is 0 Å². The zero-order valence-electron chi connectivity index (χ0n) is 17.9. The van der Waals surface area contributed by atoms with Crippen LogP contribution in [0.25, 0.3) is 11.2 Å². The maximum atomic E-state index is 12.6. The van der Waals surface area contributed by atoms with Gasteiger partial charge < -0.3 is 15.6 Å². The van der Waals surface area contributed by atoms with Gasteiger partial charge in [-0.25, -0.2) is 14.8 Å². The Hall–Kier alpha value is -3.65. The molecule has 3 aromatic heterocycles. The van der Waals surface area contributed by atoms with Crippen LogP contribution in [-0.2, 0) is 0 Å². The summed E-state index contributed by atoms with van der Waals surface area (Å²) < 4.78 is 1.67. The van der Waals surface area contributed by atoms with Gasteiger partial charge in [-0.1, -0.05) is 24.6 Å². The van der Waals surface area contributed by atoms with Crippen LogP contribution in [-0.4, -0.2) is 25.4 Å². The predicted molar refractivity (Wildman–Crippen MR) is 127 cm³/mol. The summed E-state index contributed by atoms with van der Waals surface area (Å²) in [5.41, 5.74) is 4.58. The first-order valence-electron chi connectivity index (χ1n) is 10.3. The number of carbonyl (C=O) groups excluding carboxylic acids is 1. The average Bonchev–Trinajstić information content (AvgIpc) is 3.12. The van der Waals surface area contributed by atoms with Crippen molar-refractivity contribution in [2.24, 2.45) is 0 Å². The minimum Gasteiger partial charge on any atom is -0.353 e. The van der Waals surface area contributed by atoms with Crippen molar-refractivity contribution in [2.45, 2.75) is 33.2 Å². The summed E-state index contributed by atoms with van der Waals surface area (Å²) in [6.07, 6.45) is 3.97. The van der Waals surface area contributed by atoms with E-state index in [0.29, 0.717) is 22.4 Å². The van der Waals surface area contributed by atoms with Crippen molar-refractivity contribution in [3.8, 4) is 0 Å². The molecule has 164 valence electrons. The van der Waals surface area contributed by atoms with Gasteiger partial charge in [0.1, 0.15) is 10.7 Å². The number of aromatic nitrogens is 4. The summed E-state index contributed by atoms with van der Waals surface area (Å²) in [5.74, 6) is -0.287. The van der Waals surface area contributed by atoms with E-state index in [1.807, 2.05) is 45.0 Å². The van der Waals surface area contributed by atoms with Gasteiger partial charge in [0.05, 0.1) is 5.69 Å². The van der Waals surface area contributed by atoms with Gasteiger partial charge in [-0.2, -0.15) is 0 Å². The Kier molecular flexibility index (Phi) is 5.96. The largest absolute Gasteiger partial charge is 0.353 e. The van der Waals surface area contributed by atoms with E-state index >= 15 is 0 Å². The maximum Gasteiger partial charge on any atom is 0.327 e. The van der Waals surface area contributed by atoms with Gasteiger partial charge >= 0.3 is 5.69 Å². The van der Waals surface area contributed by atoms with Crippen LogP contribution in [0.15, 0.2) is 53.6 Å². The zero-order valence-corrected chi connectivity index (χ0v) is 18.7. The fourth-order valence-corrected chi connectivity index (χ4v) is 3.62. The summed E-state index contributed by atoms with van der Waals surface area (Å²) >= 11 is 5.88. The quantitative estimate of drug-likeness (QED) is 0.356. The van der Waals surface area contributed by atoms with Crippen molar-refractivity contribution in [3.05, 3.63) is 75.6 Å². The van der Waals surface area contributed by atoms with E-state index < -0.39 is 0 Å². The van der Waals surface area contributed by atoms with Gasteiger partial charge in [0.15, 0.2) is 5.65 Å². The number of rotatable bonds is 6. The van der Waals surface area contributed by atoms with Crippen LogP contribution in [0.2, 0.25) is 5.15 Å². The summed E-state index contributed by atoms with van der Waals surface area (Å²) in [6, 6.07) is 10.5. The highest BCUT2D eigenvalue weighted by Gasteiger charge is 2.16. The molecule has 1 aromatic carbocycles. The first-order chi connectivity index (χ1) is 15.4. The highest BCUT2D eigenvalue weighted by Crippen LogP contribution is 2.28. The molecule has 1 amide bonds. The van der Waals surface area contributed by atoms with Gasteiger partial charge in [-0.05, 0) is 56.2 Å². The normalized spacial score (nSPS) is 12.0. The topological polar surface area (TPSA) is 105 Å². The Bertz CT molecular complexity index is 1360. The number of carbonyl (C=O) groups is 1. The number of imidazole rings is 1. The first-order valence-corrected chi connectivity index (χ1v) is 10.6. The number of nitrogens with zero attached hydrogens (tertiary/aromatic N) is 3. The number of amides is 1. The standard InChI is InChI=1S/C23H23ClN6O2/c1-4-14(3)30-21-20(29-23(30)32)17(8-10-26-21)28-18-12-16(6-5-13(18)2)27-22(31)15-7-9-25-19(24)11-15/h5-12,14H,4H2,1-3H3,(H,26,28)(H,27,31)(H,29,32). The van der Waals surface area contributed by atoms with Crippen LogP contribution < -0.4 is 16.3 Å². The number of aromatic amines is 1. The minimum absolute atomic E-state index is 0.0287. The number of fused-ring (bicyclic) bond motifs is 1. The molecule has 0 radical (unpaired) electrons. The molecule has 0 saturated heterocycles. The lowest BCUT2D eigenvalue weighted by molar-refractivity contribution is 0.102. The summed E-state index contributed by atoms with van der Waals surface area (Å²) in [6.45, 7) is 5.98. The molecule has 9 heteroatoms. The highest BCUT2D eigenvalue weighted by atomic mass is 35.5. The lowest BCUT2D eigenvalue weighted by Gasteiger charge is -2.14. The smallest absolute Gasteiger partial charge is 0.327 e. The molecule has 8 nitrogen and oxygen atoms in total. The van der Waals surface area contributed by atoms with Gasteiger partial charge in [0, 0.05) is 35.4 Å². The molecule has 0 aliphatic rings. The SMILES string of the molecule is CCC(C)n1c(=O)[nH]c2c(Nc3cc(NC(=O)c4ccnc(Cl)c4)ccc3C)ccnc21. The van der Waals surface area contributed by atoms with Crippen molar-refractivity contribution in [1.82, 2.24) is 19.5 Å². The third-order valence-electron chi connectivity index (χ3n) is 5.40. The average molecular weight is 451 g/mol. The molecule has 4 aromatic rings. The number of H-pyrrole nitrogens is 1. The van der Waals surface area contributed by atoms with Crippen molar-refractivity contribution in [1.29, 1.82) is 0 Å². The molecule has 1 unspecified atom stereocenters. The number of aryl methyl sites for hydroxylation is 1. The van der Waals surface area contributed by atoms with E-state index in [9.17, 15) is 9.59 Å². The second-order valence-corrected chi connectivity index (χ2v) is 7.98. The Morgan fingerprint density at radius 3 is 2.69 bits per heavy atom. The minimum atomic E-state index is -0.287. The Morgan fingerprint density at radius 1 is 1.16 bits per heavy atom. The lowest BCUT2D eigenvalue weighted by Crippen LogP contribution is -2.20. The van der Waals surface area contributed by atoms with Crippen molar-refractivity contribution >= 4 is 45.7 Å².